The number of ether oxygens (including phenoxy) is 4. The number of methoxy groups -OCH3 is 1. The van der Waals surface area contributed by atoms with Crippen molar-refractivity contribution in [1.82, 2.24) is 0 Å². The van der Waals surface area contributed by atoms with Crippen molar-refractivity contribution in [2.45, 2.75) is 55.4 Å². The Kier molecular flexibility index (Phi) is 3.55. The van der Waals surface area contributed by atoms with Gasteiger partial charge in [-0.2, -0.15) is 0 Å². The van der Waals surface area contributed by atoms with Gasteiger partial charge in [0.05, 0.1) is 25.9 Å². The van der Waals surface area contributed by atoms with Crippen LogP contribution < -0.4 is 0 Å². The molecule has 1 N–H and O–H groups in total. The highest BCUT2D eigenvalue weighted by Crippen LogP contribution is 2.59. The van der Waals surface area contributed by atoms with Gasteiger partial charge in [0.1, 0.15) is 17.3 Å². The summed E-state index contributed by atoms with van der Waals surface area (Å²) in [5.41, 5.74) is -1.21. The topological polar surface area (TPSA) is 63.8 Å². The number of rotatable bonds is 5. The molecule has 5 atom stereocenters. The fourth-order valence-electron chi connectivity index (χ4n) is 4.08. The first kappa shape index (κ1) is 15.5. The lowest BCUT2D eigenvalue weighted by molar-refractivity contribution is -0.234. The molecule has 1 aromatic carbocycles. The van der Waals surface area contributed by atoms with Crippen LogP contribution in [-0.2, 0) is 25.6 Å². The molecule has 0 amide bonds. The van der Waals surface area contributed by atoms with E-state index in [1.807, 2.05) is 37.3 Å². The highest BCUT2D eigenvalue weighted by Gasteiger charge is 2.78. The largest absolute Gasteiger partial charge is 0.381 e. The molecule has 1 aromatic rings. The van der Waals surface area contributed by atoms with Crippen LogP contribution in [0.5, 0.6) is 0 Å². The molecule has 1 saturated carbocycles. The molecule has 5 nitrogen and oxygen atoms in total. The van der Waals surface area contributed by atoms with Gasteiger partial charge in [-0.1, -0.05) is 30.3 Å². The van der Waals surface area contributed by atoms with Gasteiger partial charge in [-0.3, -0.25) is 0 Å². The molecule has 3 aliphatic rings. The van der Waals surface area contributed by atoms with E-state index in [4.69, 9.17) is 18.9 Å². The van der Waals surface area contributed by atoms with Gasteiger partial charge in [0.25, 0.3) is 0 Å². The summed E-state index contributed by atoms with van der Waals surface area (Å²) in [5.74, 6) is 0. The molecule has 1 spiro atoms. The van der Waals surface area contributed by atoms with Crippen LogP contribution in [0.2, 0.25) is 0 Å². The summed E-state index contributed by atoms with van der Waals surface area (Å²) in [6.07, 6.45) is 0.932. The summed E-state index contributed by atoms with van der Waals surface area (Å²) in [6.45, 7) is 3.53. The third-order valence-corrected chi connectivity index (χ3v) is 5.71. The second-order valence-corrected chi connectivity index (χ2v) is 7.10. The summed E-state index contributed by atoms with van der Waals surface area (Å²) >= 11 is 0. The van der Waals surface area contributed by atoms with Gasteiger partial charge in [0, 0.05) is 7.11 Å². The maximum absolute atomic E-state index is 11.5. The normalized spacial score (nSPS) is 45.2. The lowest BCUT2D eigenvalue weighted by Gasteiger charge is -2.49. The average molecular weight is 320 g/mol. The van der Waals surface area contributed by atoms with Crippen molar-refractivity contribution < 1.29 is 24.1 Å². The minimum atomic E-state index is -1.17. The minimum Gasteiger partial charge on any atom is -0.381 e. The number of hydrogen-bond acceptors (Lipinski definition) is 5. The fourth-order valence-corrected chi connectivity index (χ4v) is 4.08. The van der Waals surface area contributed by atoms with Gasteiger partial charge < -0.3 is 24.1 Å². The van der Waals surface area contributed by atoms with Crippen molar-refractivity contribution in [3.05, 3.63) is 35.9 Å². The van der Waals surface area contributed by atoms with E-state index in [1.165, 1.54) is 0 Å². The van der Waals surface area contributed by atoms with E-state index in [1.54, 1.807) is 7.11 Å². The van der Waals surface area contributed by atoms with Gasteiger partial charge in [-0.15, -0.1) is 0 Å². The third kappa shape index (κ3) is 2.26. The quantitative estimate of drug-likeness (QED) is 0.836. The summed E-state index contributed by atoms with van der Waals surface area (Å²) in [4.78, 5) is 0. The Morgan fingerprint density at radius 1 is 1.22 bits per heavy atom. The fraction of sp³-hybridized carbons (Fsp3) is 0.667. The van der Waals surface area contributed by atoms with Crippen LogP contribution in [0.15, 0.2) is 30.3 Å². The Labute approximate surface area is 136 Å². The molecule has 5 heteroatoms. The number of benzene rings is 1. The smallest absolute Gasteiger partial charge is 0.155 e. The average Bonchev–Trinajstić information content (AvgIpc) is 3.48. The summed E-state index contributed by atoms with van der Waals surface area (Å²) in [7, 11) is 1.63. The predicted octanol–water partition coefficient (Wildman–Crippen LogP) is 1.67. The van der Waals surface area contributed by atoms with E-state index >= 15 is 0 Å². The summed E-state index contributed by atoms with van der Waals surface area (Å²) in [6, 6.07) is 10.0. The minimum absolute atomic E-state index is 0.180. The van der Waals surface area contributed by atoms with Crippen molar-refractivity contribution >= 4 is 0 Å². The van der Waals surface area contributed by atoms with E-state index in [2.05, 4.69) is 0 Å². The Balaban J connectivity index is 1.54. The Morgan fingerprint density at radius 3 is 2.48 bits per heavy atom. The zero-order valence-corrected chi connectivity index (χ0v) is 13.7. The van der Waals surface area contributed by atoms with E-state index in [0.717, 1.165) is 18.4 Å². The molecular weight excluding hydrogens is 296 g/mol. The Hall–Kier alpha value is -0.980. The van der Waals surface area contributed by atoms with Crippen LogP contribution in [0.25, 0.3) is 0 Å². The van der Waals surface area contributed by atoms with E-state index in [9.17, 15) is 5.11 Å². The predicted molar refractivity (Wildman–Crippen MR) is 83.0 cm³/mol. The molecule has 2 saturated heterocycles. The van der Waals surface area contributed by atoms with Gasteiger partial charge >= 0.3 is 0 Å². The molecule has 0 bridgehead atoms. The van der Waals surface area contributed by atoms with Crippen LogP contribution in [0.3, 0.4) is 0 Å². The van der Waals surface area contributed by atoms with Crippen molar-refractivity contribution in [2.75, 3.05) is 20.3 Å². The van der Waals surface area contributed by atoms with Crippen LogP contribution in [0.1, 0.15) is 25.3 Å². The SMILES string of the molecule is CO[C@@H]1[C@H](OCc2ccccc2)CC[C@]2(CO2)[C@@]1(O)C1(C)CO1. The molecule has 0 radical (unpaired) electrons. The van der Waals surface area contributed by atoms with E-state index in [0.29, 0.717) is 19.8 Å². The zero-order valence-electron chi connectivity index (χ0n) is 13.7. The van der Waals surface area contributed by atoms with Crippen molar-refractivity contribution in [2.24, 2.45) is 0 Å². The standard InChI is InChI=1S/C18H24O5/c1-16(11-22-16)18(19)15(20-2)14(8-9-17(18)12-23-17)21-10-13-6-4-3-5-7-13/h3-7,14-15,19H,8-12H2,1-2H3/t14-,15-,16?,17+,18+/m1/s1. The second-order valence-electron chi connectivity index (χ2n) is 7.10. The molecule has 1 aliphatic carbocycles. The summed E-state index contributed by atoms with van der Waals surface area (Å²) in [5, 5.41) is 11.5. The highest BCUT2D eigenvalue weighted by atomic mass is 16.7. The van der Waals surface area contributed by atoms with Crippen molar-refractivity contribution in [3.8, 4) is 0 Å². The van der Waals surface area contributed by atoms with Gasteiger partial charge in [0.15, 0.2) is 5.60 Å². The van der Waals surface area contributed by atoms with Crippen LogP contribution in [0, 0.1) is 0 Å². The first-order valence-corrected chi connectivity index (χ1v) is 8.23. The molecule has 4 rings (SSSR count). The van der Waals surface area contributed by atoms with E-state index in [-0.39, 0.29) is 6.10 Å². The molecule has 1 unspecified atom stereocenters. The van der Waals surface area contributed by atoms with Crippen LogP contribution >= 0.6 is 0 Å². The lowest BCUT2D eigenvalue weighted by Crippen LogP contribution is -2.70. The van der Waals surface area contributed by atoms with E-state index < -0.39 is 22.9 Å². The molecule has 126 valence electrons. The Morgan fingerprint density at radius 2 is 1.91 bits per heavy atom. The lowest BCUT2D eigenvalue weighted by atomic mass is 9.65. The molecule has 2 aliphatic heterocycles. The molecule has 3 fully saturated rings. The van der Waals surface area contributed by atoms with Crippen molar-refractivity contribution in [1.29, 1.82) is 0 Å². The van der Waals surface area contributed by atoms with Crippen LogP contribution in [-0.4, -0.2) is 54.4 Å². The molecular formula is C18H24O5. The highest BCUT2D eigenvalue weighted by molar-refractivity contribution is 5.27. The second kappa shape index (κ2) is 5.26. The zero-order chi connectivity index (χ0) is 16.1. The number of aliphatic hydroxyl groups is 1. The summed E-state index contributed by atoms with van der Waals surface area (Å²) < 4.78 is 23.1. The first-order chi connectivity index (χ1) is 11.0. The third-order valence-electron chi connectivity index (χ3n) is 5.71. The first-order valence-electron chi connectivity index (χ1n) is 8.23. The monoisotopic (exact) mass is 320 g/mol. The maximum Gasteiger partial charge on any atom is 0.155 e. The van der Waals surface area contributed by atoms with Crippen molar-refractivity contribution in [3.63, 3.8) is 0 Å². The van der Waals surface area contributed by atoms with Gasteiger partial charge in [0.2, 0.25) is 0 Å². The number of epoxide rings is 2. The van der Waals surface area contributed by atoms with Gasteiger partial charge in [-0.25, -0.2) is 0 Å². The Bertz CT molecular complexity index is 566. The van der Waals surface area contributed by atoms with Crippen LogP contribution in [0.4, 0.5) is 0 Å². The number of hydrogen-bond donors (Lipinski definition) is 1. The molecule has 23 heavy (non-hydrogen) atoms. The molecule has 2 heterocycles. The molecule has 0 aromatic heterocycles. The van der Waals surface area contributed by atoms with Gasteiger partial charge in [-0.05, 0) is 25.3 Å². The maximum atomic E-state index is 11.5.